The second-order valence-corrected chi connectivity index (χ2v) is 4.40. The van der Waals surface area contributed by atoms with Gasteiger partial charge in [-0.2, -0.15) is 8.78 Å². The third kappa shape index (κ3) is 4.01. The number of alkyl halides is 2. The monoisotopic (exact) mass is 299 g/mol. The fraction of sp³-hybridized carbons (Fsp3) is 0.400. The molecule has 0 saturated carbocycles. The van der Waals surface area contributed by atoms with Gasteiger partial charge in [-0.05, 0) is 19.4 Å². The third-order valence-electron chi connectivity index (χ3n) is 3.06. The molecule has 0 aromatic heterocycles. The molecule has 0 aliphatic heterocycles. The molecule has 0 radical (unpaired) electrons. The zero-order chi connectivity index (χ0) is 16.0. The van der Waals surface area contributed by atoms with E-state index in [0.29, 0.717) is 13.1 Å². The molecule has 0 aliphatic carbocycles. The van der Waals surface area contributed by atoms with Crippen molar-refractivity contribution in [3.05, 3.63) is 48.2 Å². The highest BCUT2D eigenvalue weighted by atomic mass is 19.3. The van der Waals surface area contributed by atoms with Gasteiger partial charge in [-0.1, -0.05) is 36.9 Å². The summed E-state index contributed by atoms with van der Waals surface area (Å²) in [7, 11) is 0. The average Bonchev–Trinajstić information content (AvgIpc) is 2.48. The predicted octanol–water partition coefficient (Wildman–Crippen LogP) is 3.35. The number of ether oxygens (including phenoxy) is 1. The van der Waals surface area contributed by atoms with Gasteiger partial charge in [0.05, 0.1) is 0 Å². The molecule has 0 fully saturated rings. The van der Waals surface area contributed by atoms with E-state index in [9.17, 15) is 18.7 Å². The molecule has 0 spiro atoms. The summed E-state index contributed by atoms with van der Waals surface area (Å²) >= 11 is 0. The Balaban J connectivity index is 2.82. The molecule has 1 rings (SSSR count). The van der Waals surface area contributed by atoms with E-state index in [1.165, 1.54) is 29.2 Å². The minimum atomic E-state index is -3.77. The van der Waals surface area contributed by atoms with Crippen molar-refractivity contribution < 1.29 is 23.4 Å². The zero-order valence-corrected chi connectivity index (χ0v) is 12.1. The first-order valence-corrected chi connectivity index (χ1v) is 6.61. The lowest BCUT2D eigenvalue weighted by Crippen LogP contribution is -2.36. The van der Waals surface area contributed by atoms with Gasteiger partial charge in [0.1, 0.15) is 0 Å². The Morgan fingerprint density at radius 3 is 2.33 bits per heavy atom. The van der Waals surface area contributed by atoms with Gasteiger partial charge >= 0.3 is 12.0 Å². The van der Waals surface area contributed by atoms with Crippen LogP contribution >= 0.6 is 0 Å². The second kappa shape index (κ2) is 7.17. The normalized spacial score (nSPS) is 12.6. The molecular formula is C15H19F2NO3. The van der Waals surface area contributed by atoms with E-state index in [1.807, 2.05) is 0 Å². The van der Waals surface area contributed by atoms with Crippen LogP contribution in [-0.2, 0) is 4.74 Å². The Hall–Kier alpha value is -1.95. The van der Waals surface area contributed by atoms with Crippen LogP contribution in [0.25, 0.3) is 0 Å². The van der Waals surface area contributed by atoms with E-state index in [1.54, 1.807) is 19.9 Å². The van der Waals surface area contributed by atoms with Crippen molar-refractivity contribution in [2.24, 2.45) is 0 Å². The Morgan fingerprint density at radius 2 is 1.86 bits per heavy atom. The molecule has 116 valence electrons. The lowest BCUT2D eigenvalue weighted by molar-refractivity contribution is -0.106. The summed E-state index contributed by atoms with van der Waals surface area (Å²) in [5, 5.41) is 9.77. The van der Waals surface area contributed by atoms with Crippen molar-refractivity contribution in [3.8, 4) is 0 Å². The molecule has 21 heavy (non-hydrogen) atoms. The lowest BCUT2D eigenvalue weighted by Gasteiger charge is -2.26. The number of hydrogen-bond acceptors (Lipinski definition) is 3. The quantitative estimate of drug-likeness (QED) is 0.820. The van der Waals surface area contributed by atoms with E-state index in [-0.39, 0.29) is 5.56 Å². The van der Waals surface area contributed by atoms with Gasteiger partial charge in [-0.25, -0.2) is 4.79 Å². The number of hydrogen-bond donors (Lipinski definition) is 1. The van der Waals surface area contributed by atoms with Crippen LogP contribution in [0.5, 0.6) is 0 Å². The molecule has 0 bridgehead atoms. The fourth-order valence-corrected chi connectivity index (χ4v) is 1.72. The largest absolute Gasteiger partial charge is 0.415 e. The Bertz CT molecular complexity index is 487. The standard InChI is InChI=1S/C15H19F2NO3/c1-4-18(5-2)14(20)21-11(3)15(16,17)13(19)12-9-7-6-8-10-12/h6-10,13,19H,3-5H2,1-2H3. The number of amides is 1. The number of benzene rings is 1. The van der Waals surface area contributed by atoms with Gasteiger partial charge in [-0.15, -0.1) is 0 Å². The smallest absolute Gasteiger partial charge is 0.409 e. The molecule has 1 atom stereocenters. The Kier molecular flexibility index (Phi) is 5.84. The maximum atomic E-state index is 14.1. The van der Waals surface area contributed by atoms with Crippen molar-refractivity contribution >= 4 is 6.09 Å². The molecular weight excluding hydrogens is 280 g/mol. The average molecular weight is 299 g/mol. The van der Waals surface area contributed by atoms with Crippen LogP contribution in [0.3, 0.4) is 0 Å². The number of aliphatic hydroxyl groups excluding tert-OH is 1. The maximum Gasteiger partial charge on any atom is 0.415 e. The summed E-state index contributed by atoms with van der Waals surface area (Å²) in [6.45, 7) is 7.14. The summed E-state index contributed by atoms with van der Waals surface area (Å²) in [5.41, 5.74) is 0.0162. The molecule has 0 aliphatic rings. The van der Waals surface area contributed by atoms with Crippen LogP contribution in [0.2, 0.25) is 0 Å². The fourth-order valence-electron chi connectivity index (χ4n) is 1.72. The topological polar surface area (TPSA) is 49.8 Å². The van der Waals surface area contributed by atoms with Crippen LogP contribution in [0.1, 0.15) is 25.5 Å². The van der Waals surface area contributed by atoms with Gasteiger partial charge in [0, 0.05) is 13.1 Å². The summed E-state index contributed by atoms with van der Waals surface area (Å²) in [6, 6.07) is 7.42. The highest BCUT2D eigenvalue weighted by Gasteiger charge is 2.45. The molecule has 0 saturated heterocycles. The van der Waals surface area contributed by atoms with E-state index < -0.39 is 23.9 Å². The summed E-state index contributed by atoms with van der Waals surface area (Å²) in [5.74, 6) is -4.85. The molecule has 6 heteroatoms. The van der Waals surface area contributed by atoms with Gasteiger partial charge in [0.25, 0.3) is 0 Å². The van der Waals surface area contributed by atoms with Gasteiger partial charge in [0.15, 0.2) is 11.9 Å². The first-order chi connectivity index (χ1) is 9.84. The highest BCUT2D eigenvalue weighted by Crippen LogP contribution is 2.37. The molecule has 0 heterocycles. The summed E-state index contributed by atoms with van der Waals surface area (Å²) in [4.78, 5) is 12.9. The predicted molar refractivity (Wildman–Crippen MR) is 74.9 cm³/mol. The zero-order valence-electron chi connectivity index (χ0n) is 12.1. The van der Waals surface area contributed by atoms with Gasteiger partial charge < -0.3 is 14.7 Å². The van der Waals surface area contributed by atoms with Crippen LogP contribution < -0.4 is 0 Å². The number of rotatable bonds is 6. The van der Waals surface area contributed by atoms with Crippen molar-refractivity contribution in [2.45, 2.75) is 25.9 Å². The molecule has 1 N–H and O–H groups in total. The molecule has 1 amide bonds. The van der Waals surface area contributed by atoms with E-state index in [2.05, 4.69) is 11.3 Å². The van der Waals surface area contributed by atoms with Crippen molar-refractivity contribution in [1.29, 1.82) is 0 Å². The van der Waals surface area contributed by atoms with E-state index in [0.717, 1.165) is 0 Å². The number of halogens is 2. The van der Waals surface area contributed by atoms with E-state index >= 15 is 0 Å². The van der Waals surface area contributed by atoms with Crippen LogP contribution in [0, 0.1) is 0 Å². The molecule has 1 aromatic rings. The van der Waals surface area contributed by atoms with Crippen LogP contribution in [0.4, 0.5) is 13.6 Å². The Morgan fingerprint density at radius 1 is 1.33 bits per heavy atom. The van der Waals surface area contributed by atoms with Crippen molar-refractivity contribution in [1.82, 2.24) is 4.90 Å². The molecule has 4 nitrogen and oxygen atoms in total. The highest BCUT2D eigenvalue weighted by molar-refractivity contribution is 5.68. The summed E-state index contributed by atoms with van der Waals surface area (Å²) < 4.78 is 32.8. The minimum Gasteiger partial charge on any atom is -0.409 e. The SMILES string of the molecule is C=C(OC(=O)N(CC)CC)C(F)(F)C(O)c1ccccc1. The van der Waals surface area contributed by atoms with Gasteiger partial charge in [-0.3, -0.25) is 0 Å². The number of carbonyl (C=O) groups is 1. The Labute approximate surface area is 122 Å². The first kappa shape index (κ1) is 17.1. The van der Waals surface area contributed by atoms with Crippen molar-refractivity contribution in [3.63, 3.8) is 0 Å². The van der Waals surface area contributed by atoms with E-state index in [4.69, 9.17) is 0 Å². The number of nitrogens with zero attached hydrogens (tertiary/aromatic N) is 1. The van der Waals surface area contributed by atoms with Gasteiger partial charge in [0.2, 0.25) is 0 Å². The number of aliphatic hydroxyl groups is 1. The van der Waals surface area contributed by atoms with Crippen LogP contribution in [0.15, 0.2) is 42.7 Å². The van der Waals surface area contributed by atoms with Crippen molar-refractivity contribution in [2.75, 3.05) is 13.1 Å². The second-order valence-electron chi connectivity index (χ2n) is 4.40. The third-order valence-corrected chi connectivity index (χ3v) is 3.06. The minimum absolute atomic E-state index is 0.0162. The number of carbonyl (C=O) groups excluding carboxylic acids is 1. The maximum absolute atomic E-state index is 14.1. The first-order valence-electron chi connectivity index (χ1n) is 6.61. The summed E-state index contributed by atoms with van der Waals surface area (Å²) in [6.07, 6.45) is -3.04. The molecule has 1 aromatic carbocycles. The van der Waals surface area contributed by atoms with Crippen LogP contribution in [-0.4, -0.2) is 35.1 Å². The lowest BCUT2D eigenvalue weighted by atomic mass is 10.0. The molecule has 1 unspecified atom stereocenters.